The number of rotatable bonds is 8. The Kier molecular flexibility index (Phi) is 7.14. The third-order valence-corrected chi connectivity index (χ3v) is 4.58. The molecule has 0 amide bonds. The quantitative estimate of drug-likeness (QED) is 0.700. The van der Waals surface area contributed by atoms with Gasteiger partial charge in [0, 0.05) is 18.6 Å². The Hall–Kier alpha value is -0.610. The van der Waals surface area contributed by atoms with Crippen molar-refractivity contribution < 1.29 is 9.53 Å². The number of carbonyl (C=O) groups is 1. The van der Waals surface area contributed by atoms with E-state index >= 15 is 0 Å². The minimum atomic E-state index is -0.606. The second-order valence-electron chi connectivity index (χ2n) is 7.11. The third-order valence-electron chi connectivity index (χ3n) is 4.58. The molecule has 0 radical (unpaired) electrons. The van der Waals surface area contributed by atoms with E-state index in [0.717, 1.165) is 18.9 Å². The lowest BCUT2D eigenvalue weighted by Crippen LogP contribution is -2.56. The first-order valence-electron chi connectivity index (χ1n) is 8.42. The van der Waals surface area contributed by atoms with Crippen LogP contribution in [0.4, 0.5) is 0 Å². The van der Waals surface area contributed by atoms with E-state index in [1.165, 1.54) is 32.9 Å². The predicted molar refractivity (Wildman–Crippen MR) is 87.4 cm³/mol. The number of nitrogens with one attached hydrogen (secondary N) is 1. The number of carbonyl (C=O) groups excluding carboxylic acids is 1. The van der Waals surface area contributed by atoms with Crippen LogP contribution >= 0.6 is 0 Å². The van der Waals surface area contributed by atoms with Crippen LogP contribution in [0.1, 0.15) is 60.3 Å². The lowest BCUT2D eigenvalue weighted by molar-refractivity contribution is -0.149. The predicted octanol–water partition coefficient (Wildman–Crippen LogP) is 2.82. The Balaban J connectivity index is 2.64. The van der Waals surface area contributed by atoms with E-state index in [0.29, 0.717) is 6.04 Å². The van der Waals surface area contributed by atoms with Gasteiger partial charge in [0.1, 0.15) is 5.54 Å². The second-order valence-corrected chi connectivity index (χ2v) is 7.11. The van der Waals surface area contributed by atoms with Gasteiger partial charge in [-0.15, -0.1) is 0 Å². The molecule has 0 aromatic carbocycles. The van der Waals surface area contributed by atoms with E-state index in [1.54, 1.807) is 0 Å². The summed E-state index contributed by atoms with van der Waals surface area (Å²) in [4.78, 5) is 14.7. The average Bonchev–Trinajstić information content (AvgIpc) is 2.85. The molecule has 1 N–H and O–H groups in total. The summed E-state index contributed by atoms with van der Waals surface area (Å²) < 4.78 is 5.02. The standard InChI is InChI=1S/C17H34N2O2/c1-7-8-15-9-10-19(12-15)14(4)11-17(5,16(20)21-6)18-13(2)3/h13-15,18H,7-12H2,1-6H3. The van der Waals surface area contributed by atoms with Gasteiger partial charge in [-0.3, -0.25) is 10.1 Å². The van der Waals surface area contributed by atoms with Gasteiger partial charge < -0.3 is 9.64 Å². The molecule has 0 spiro atoms. The van der Waals surface area contributed by atoms with Gasteiger partial charge in [0.05, 0.1) is 7.11 Å². The molecule has 1 aliphatic heterocycles. The molecule has 4 nitrogen and oxygen atoms in total. The number of hydrogen-bond donors (Lipinski definition) is 1. The van der Waals surface area contributed by atoms with Gasteiger partial charge in [-0.2, -0.15) is 0 Å². The van der Waals surface area contributed by atoms with Crippen LogP contribution in [-0.4, -0.2) is 48.7 Å². The molecule has 0 aromatic rings. The van der Waals surface area contributed by atoms with Crippen molar-refractivity contribution in [1.82, 2.24) is 10.2 Å². The Bertz CT molecular complexity index is 333. The summed E-state index contributed by atoms with van der Waals surface area (Å²) in [5, 5.41) is 3.40. The molecular weight excluding hydrogens is 264 g/mol. The molecule has 1 fully saturated rings. The van der Waals surface area contributed by atoms with Crippen molar-refractivity contribution in [1.29, 1.82) is 0 Å². The molecule has 1 rings (SSSR count). The van der Waals surface area contributed by atoms with E-state index in [9.17, 15) is 4.79 Å². The lowest BCUT2D eigenvalue weighted by atomic mass is 9.92. The van der Waals surface area contributed by atoms with Gasteiger partial charge >= 0.3 is 5.97 Å². The highest BCUT2D eigenvalue weighted by Crippen LogP contribution is 2.26. The first kappa shape index (κ1) is 18.4. The van der Waals surface area contributed by atoms with Crippen molar-refractivity contribution in [2.75, 3.05) is 20.2 Å². The van der Waals surface area contributed by atoms with Crippen molar-refractivity contribution in [3.05, 3.63) is 0 Å². The van der Waals surface area contributed by atoms with Crippen LogP contribution in [0, 0.1) is 5.92 Å². The van der Waals surface area contributed by atoms with Gasteiger partial charge in [-0.1, -0.05) is 13.3 Å². The fraction of sp³-hybridized carbons (Fsp3) is 0.941. The molecule has 1 saturated heterocycles. The van der Waals surface area contributed by atoms with E-state index in [2.05, 4.69) is 37.9 Å². The topological polar surface area (TPSA) is 41.6 Å². The zero-order valence-electron chi connectivity index (χ0n) is 14.7. The highest BCUT2D eigenvalue weighted by molar-refractivity contribution is 5.80. The minimum Gasteiger partial charge on any atom is -0.468 e. The van der Waals surface area contributed by atoms with Crippen molar-refractivity contribution in [3.63, 3.8) is 0 Å². The van der Waals surface area contributed by atoms with Crippen molar-refractivity contribution >= 4 is 5.97 Å². The van der Waals surface area contributed by atoms with Gasteiger partial charge in [0.25, 0.3) is 0 Å². The van der Waals surface area contributed by atoms with Crippen LogP contribution < -0.4 is 5.32 Å². The molecule has 3 unspecified atom stereocenters. The molecule has 0 aromatic heterocycles. The van der Waals surface area contributed by atoms with Crippen LogP contribution in [0.5, 0.6) is 0 Å². The number of esters is 1. The highest BCUT2D eigenvalue weighted by Gasteiger charge is 2.38. The maximum absolute atomic E-state index is 12.2. The van der Waals surface area contributed by atoms with Crippen LogP contribution in [-0.2, 0) is 9.53 Å². The molecule has 0 bridgehead atoms. The van der Waals surface area contributed by atoms with E-state index in [1.807, 2.05) is 6.92 Å². The molecular formula is C17H34N2O2. The van der Waals surface area contributed by atoms with Gasteiger partial charge in [-0.25, -0.2) is 0 Å². The number of hydrogen-bond acceptors (Lipinski definition) is 4. The van der Waals surface area contributed by atoms with Gasteiger partial charge in [0.15, 0.2) is 0 Å². The van der Waals surface area contributed by atoms with Crippen LogP contribution in [0.25, 0.3) is 0 Å². The Morgan fingerprint density at radius 3 is 2.62 bits per heavy atom. The molecule has 21 heavy (non-hydrogen) atoms. The fourth-order valence-corrected chi connectivity index (χ4v) is 3.69. The van der Waals surface area contributed by atoms with Crippen molar-refractivity contribution in [3.8, 4) is 0 Å². The summed E-state index contributed by atoms with van der Waals surface area (Å²) in [6, 6.07) is 0.648. The lowest BCUT2D eigenvalue weighted by Gasteiger charge is -2.35. The normalized spacial score (nSPS) is 24.0. The summed E-state index contributed by atoms with van der Waals surface area (Å²) in [5.74, 6) is 0.673. The SMILES string of the molecule is CCCC1CCN(C(C)CC(C)(NC(C)C)C(=O)OC)C1. The molecule has 0 saturated carbocycles. The molecule has 1 heterocycles. The fourth-order valence-electron chi connectivity index (χ4n) is 3.69. The van der Waals surface area contributed by atoms with Crippen molar-refractivity contribution in [2.24, 2.45) is 5.92 Å². The van der Waals surface area contributed by atoms with E-state index in [-0.39, 0.29) is 12.0 Å². The van der Waals surface area contributed by atoms with Gasteiger partial charge in [-0.05, 0) is 59.4 Å². The summed E-state index contributed by atoms with van der Waals surface area (Å²) in [6.07, 6.45) is 4.67. The van der Waals surface area contributed by atoms with Crippen LogP contribution in [0.3, 0.4) is 0 Å². The first-order chi connectivity index (χ1) is 9.82. The Morgan fingerprint density at radius 1 is 1.43 bits per heavy atom. The maximum atomic E-state index is 12.2. The summed E-state index contributed by atoms with van der Waals surface area (Å²) in [7, 11) is 1.47. The monoisotopic (exact) mass is 298 g/mol. The van der Waals surface area contributed by atoms with Crippen LogP contribution in [0.15, 0.2) is 0 Å². The van der Waals surface area contributed by atoms with Crippen molar-refractivity contribution in [2.45, 2.75) is 77.9 Å². The van der Waals surface area contributed by atoms with E-state index < -0.39 is 5.54 Å². The van der Waals surface area contributed by atoms with E-state index in [4.69, 9.17) is 4.74 Å². The number of likely N-dealkylation sites (tertiary alicyclic amines) is 1. The average molecular weight is 298 g/mol. The van der Waals surface area contributed by atoms with Gasteiger partial charge in [0.2, 0.25) is 0 Å². The summed E-state index contributed by atoms with van der Waals surface area (Å²) >= 11 is 0. The van der Waals surface area contributed by atoms with Crippen LogP contribution in [0.2, 0.25) is 0 Å². The number of ether oxygens (including phenoxy) is 1. The summed E-state index contributed by atoms with van der Waals surface area (Å²) in [5.41, 5.74) is -0.606. The summed E-state index contributed by atoms with van der Waals surface area (Å²) in [6.45, 7) is 12.9. The zero-order chi connectivity index (χ0) is 16.0. The number of methoxy groups -OCH3 is 1. The first-order valence-corrected chi connectivity index (χ1v) is 8.42. The molecule has 124 valence electrons. The Labute approximate surface area is 130 Å². The largest absolute Gasteiger partial charge is 0.468 e. The maximum Gasteiger partial charge on any atom is 0.325 e. The Morgan fingerprint density at radius 2 is 2.10 bits per heavy atom. The molecule has 3 atom stereocenters. The highest BCUT2D eigenvalue weighted by atomic mass is 16.5. The molecule has 1 aliphatic rings. The smallest absolute Gasteiger partial charge is 0.325 e. The molecule has 4 heteroatoms. The minimum absolute atomic E-state index is 0.160. The zero-order valence-corrected chi connectivity index (χ0v) is 14.7. The molecule has 0 aliphatic carbocycles. The second kappa shape index (κ2) is 8.14. The third kappa shape index (κ3) is 5.26. The number of nitrogens with zero attached hydrogens (tertiary/aromatic N) is 1.